The molecule has 2 rings (SSSR count). The molecule has 114 valence electrons. The van der Waals surface area contributed by atoms with Gasteiger partial charge in [0, 0.05) is 12.7 Å². The minimum atomic E-state index is -1.12. The van der Waals surface area contributed by atoms with E-state index in [9.17, 15) is 14.7 Å². The van der Waals surface area contributed by atoms with Gasteiger partial charge in [0.05, 0.1) is 0 Å². The topological polar surface area (TPSA) is 69.6 Å². The first-order valence-corrected chi connectivity index (χ1v) is 7.30. The molecule has 1 fully saturated rings. The quantitative estimate of drug-likeness (QED) is 0.899. The second-order valence-electron chi connectivity index (χ2n) is 5.78. The molecular formula is C16H22N2O3. The Bertz CT molecular complexity index is 536. The van der Waals surface area contributed by atoms with Crippen molar-refractivity contribution >= 4 is 17.7 Å². The molecule has 21 heavy (non-hydrogen) atoms. The van der Waals surface area contributed by atoms with E-state index in [4.69, 9.17) is 0 Å². The molecule has 0 spiro atoms. The molecule has 0 heterocycles. The van der Waals surface area contributed by atoms with E-state index in [1.807, 2.05) is 31.2 Å². The third-order valence-corrected chi connectivity index (χ3v) is 4.16. The Morgan fingerprint density at radius 1 is 1.24 bits per heavy atom. The van der Waals surface area contributed by atoms with Gasteiger partial charge in [-0.3, -0.25) is 4.90 Å². The van der Waals surface area contributed by atoms with Crippen molar-refractivity contribution in [3.8, 4) is 0 Å². The van der Waals surface area contributed by atoms with E-state index in [1.54, 1.807) is 7.05 Å². The molecule has 0 aliphatic heterocycles. The van der Waals surface area contributed by atoms with Crippen molar-refractivity contribution in [2.24, 2.45) is 0 Å². The van der Waals surface area contributed by atoms with Crippen molar-refractivity contribution in [3.63, 3.8) is 0 Å². The summed E-state index contributed by atoms with van der Waals surface area (Å²) >= 11 is 0. The second kappa shape index (κ2) is 6.16. The Hall–Kier alpha value is -2.04. The monoisotopic (exact) mass is 290 g/mol. The van der Waals surface area contributed by atoms with Crippen LogP contribution >= 0.6 is 0 Å². The van der Waals surface area contributed by atoms with E-state index in [-0.39, 0.29) is 6.03 Å². The number of carbonyl (C=O) groups excluding carboxylic acids is 1. The first-order chi connectivity index (χ1) is 9.94. The fourth-order valence-corrected chi connectivity index (χ4v) is 2.79. The Kier molecular flexibility index (Phi) is 4.50. The molecule has 0 unspecified atom stereocenters. The minimum Gasteiger partial charge on any atom is -0.480 e. The highest BCUT2D eigenvalue weighted by molar-refractivity contribution is 5.95. The Balaban J connectivity index is 2.13. The predicted octanol–water partition coefficient (Wildman–Crippen LogP) is 2.93. The molecule has 0 bridgehead atoms. The molecule has 1 aromatic rings. The summed E-state index contributed by atoms with van der Waals surface area (Å²) in [5.74, 6) is -0.937. The van der Waals surface area contributed by atoms with Crippen LogP contribution in [0.25, 0.3) is 0 Å². The number of nitrogens with one attached hydrogen (secondary N) is 1. The first kappa shape index (κ1) is 15.4. The zero-order valence-corrected chi connectivity index (χ0v) is 12.6. The molecule has 1 aromatic carbocycles. The van der Waals surface area contributed by atoms with Crippen LogP contribution < -0.4 is 10.2 Å². The fourth-order valence-electron chi connectivity index (χ4n) is 2.79. The molecule has 2 amide bonds. The van der Waals surface area contributed by atoms with Crippen LogP contribution in [0, 0.1) is 6.92 Å². The molecule has 1 aliphatic rings. The van der Waals surface area contributed by atoms with Crippen LogP contribution in [0.15, 0.2) is 24.3 Å². The lowest BCUT2D eigenvalue weighted by Gasteiger charge is -2.35. The maximum absolute atomic E-state index is 12.4. The van der Waals surface area contributed by atoms with Gasteiger partial charge in [-0.25, -0.2) is 9.59 Å². The highest BCUT2D eigenvalue weighted by Gasteiger charge is 2.41. The van der Waals surface area contributed by atoms with E-state index < -0.39 is 11.5 Å². The van der Waals surface area contributed by atoms with E-state index in [0.29, 0.717) is 12.8 Å². The summed E-state index contributed by atoms with van der Waals surface area (Å²) < 4.78 is 0. The maximum Gasteiger partial charge on any atom is 0.329 e. The van der Waals surface area contributed by atoms with Crippen molar-refractivity contribution < 1.29 is 14.7 Å². The van der Waals surface area contributed by atoms with E-state index >= 15 is 0 Å². The number of rotatable bonds is 3. The molecule has 1 saturated carbocycles. The molecule has 0 aromatic heterocycles. The van der Waals surface area contributed by atoms with Gasteiger partial charge in [0.2, 0.25) is 0 Å². The van der Waals surface area contributed by atoms with Crippen LogP contribution in [0.3, 0.4) is 0 Å². The number of anilines is 1. The smallest absolute Gasteiger partial charge is 0.329 e. The van der Waals surface area contributed by atoms with Crippen LogP contribution in [0.1, 0.15) is 37.7 Å². The molecule has 0 saturated heterocycles. The van der Waals surface area contributed by atoms with Crippen molar-refractivity contribution in [2.75, 3.05) is 11.9 Å². The molecular weight excluding hydrogens is 268 g/mol. The lowest BCUT2D eigenvalue weighted by atomic mass is 9.82. The van der Waals surface area contributed by atoms with Crippen molar-refractivity contribution in [1.29, 1.82) is 0 Å². The first-order valence-electron chi connectivity index (χ1n) is 7.30. The number of hydrogen-bond donors (Lipinski definition) is 2. The highest BCUT2D eigenvalue weighted by atomic mass is 16.4. The van der Waals surface area contributed by atoms with Crippen LogP contribution in [0.5, 0.6) is 0 Å². The van der Waals surface area contributed by atoms with Crippen LogP contribution in [-0.2, 0) is 4.79 Å². The summed E-state index contributed by atoms with van der Waals surface area (Å²) in [6.45, 7) is 1.95. The number of aliphatic carboxylic acids is 1. The maximum atomic E-state index is 12.4. The zero-order chi connectivity index (χ0) is 15.5. The minimum absolute atomic E-state index is 0.370. The molecule has 0 radical (unpaired) electrons. The van der Waals surface area contributed by atoms with E-state index in [2.05, 4.69) is 5.32 Å². The number of hydrogen-bond acceptors (Lipinski definition) is 2. The van der Waals surface area contributed by atoms with Crippen molar-refractivity contribution in [2.45, 2.75) is 44.6 Å². The van der Waals surface area contributed by atoms with Crippen LogP contribution in [0.4, 0.5) is 10.5 Å². The van der Waals surface area contributed by atoms with Gasteiger partial charge >= 0.3 is 12.0 Å². The van der Waals surface area contributed by atoms with Gasteiger partial charge in [-0.2, -0.15) is 0 Å². The van der Waals surface area contributed by atoms with Gasteiger partial charge in [0.1, 0.15) is 5.54 Å². The van der Waals surface area contributed by atoms with Gasteiger partial charge in [-0.1, -0.05) is 31.4 Å². The van der Waals surface area contributed by atoms with Crippen LogP contribution in [0.2, 0.25) is 0 Å². The standard InChI is InChI=1S/C16H22N2O3/c1-12-7-6-8-13(11-12)18(2)15(21)17-16(14(19)20)9-4-3-5-10-16/h6-8,11H,3-5,9-10H2,1-2H3,(H,17,21)(H,19,20). The summed E-state index contributed by atoms with van der Waals surface area (Å²) in [6.07, 6.45) is 3.69. The third-order valence-electron chi connectivity index (χ3n) is 4.16. The van der Waals surface area contributed by atoms with Crippen LogP contribution in [-0.4, -0.2) is 29.7 Å². The Morgan fingerprint density at radius 3 is 2.48 bits per heavy atom. The van der Waals surface area contributed by atoms with Gasteiger partial charge in [0.25, 0.3) is 0 Å². The van der Waals surface area contributed by atoms with Gasteiger partial charge in [-0.15, -0.1) is 0 Å². The van der Waals surface area contributed by atoms with E-state index in [0.717, 1.165) is 30.5 Å². The zero-order valence-electron chi connectivity index (χ0n) is 12.6. The van der Waals surface area contributed by atoms with Gasteiger partial charge in [-0.05, 0) is 37.5 Å². The van der Waals surface area contributed by atoms with Gasteiger partial charge < -0.3 is 10.4 Å². The van der Waals surface area contributed by atoms with Gasteiger partial charge in [0.15, 0.2) is 0 Å². The number of nitrogens with zero attached hydrogens (tertiary/aromatic N) is 1. The lowest BCUT2D eigenvalue weighted by molar-refractivity contribution is -0.145. The number of benzene rings is 1. The molecule has 5 heteroatoms. The normalized spacial score (nSPS) is 17.0. The number of carbonyl (C=O) groups is 2. The summed E-state index contributed by atoms with van der Waals surface area (Å²) in [6, 6.07) is 7.19. The Labute approximate surface area is 125 Å². The number of carboxylic acid groups (broad SMARTS) is 1. The number of carboxylic acids is 1. The molecule has 5 nitrogen and oxygen atoms in total. The lowest BCUT2D eigenvalue weighted by Crippen LogP contribution is -2.58. The molecule has 0 atom stereocenters. The average Bonchev–Trinajstić information content (AvgIpc) is 2.47. The van der Waals surface area contributed by atoms with Crippen molar-refractivity contribution in [1.82, 2.24) is 5.32 Å². The highest BCUT2D eigenvalue weighted by Crippen LogP contribution is 2.29. The number of aryl methyl sites for hydroxylation is 1. The number of urea groups is 1. The average molecular weight is 290 g/mol. The van der Waals surface area contributed by atoms with Crippen molar-refractivity contribution in [3.05, 3.63) is 29.8 Å². The summed E-state index contributed by atoms with van der Waals surface area (Å²) in [4.78, 5) is 25.4. The second-order valence-corrected chi connectivity index (χ2v) is 5.78. The largest absolute Gasteiger partial charge is 0.480 e. The molecule has 2 N–H and O–H groups in total. The fraction of sp³-hybridized carbons (Fsp3) is 0.500. The molecule has 1 aliphatic carbocycles. The third kappa shape index (κ3) is 3.35. The summed E-state index contributed by atoms with van der Waals surface area (Å²) in [5.41, 5.74) is 0.689. The predicted molar refractivity (Wildman–Crippen MR) is 81.6 cm³/mol. The summed E-state index contributed by atoms with van der Waals surface area (Å²) in [7, 11) is 1.66. The van der Waals surface area contributed by atoms with E-state index in [1.165, 1.54) is 4.90 Å². The Morgan fingerprint density at radius 2 is 1.90 bits per heavy atom. The number of amides is 2. The SMILES string of the molecule is Cc1cccc(N(C)C(=O)NC2(C(=O)O)CCCCC2)c1. The summed E-state index contributed by atoms with van der Waals surface area (Å²) in [5, 5.41) is 12.2.